The van der Waals surface area contributed by atoms with Crippen molar-refractivity contribution in [2.75, 3.05) is 19.6 Å². The van der Waals surface area contributed by atoms with Crippen LogP contribution in [0, 0.1) is 12.8 Å². The molecule has 136 valence electrons. The van der Waals surface area contributed by atoms with Crippen molar-refractivity contribution >= 4 is 11.0 Å². The van der Waals surface area contributed by atoms with Gasteiger partial charge in [0, 0.05) is 6.42 Å². The highest BCUT2D eigenvalue weighted by Crippen LogP contribution is 2.22. The van der Waals surface area contributed by atoms with Gasteiger partial charge in [-0.3, -0.25) is 0 Å². The Morgan fingerprint density at radius 2 is 1.81 bits per heavy atom. The number of hydrogen-bond acceptors (Lipinski definition) is 2. The Kier molecular flexibility index (Phi) is 5.35. The second kappa shape index (κ2) is 8.05. The van der Waals surface area contributed by atoms with Crippen molar-refractivity contribution in [1.82, 2.24) is 14.9 Å². The normalized spacial score (nSPS) is 16.3. The third-order valence-electron chi connectivity index (χ3n) is 5.68. The van der Waals surface area contributed by atoms with Crippen molar-refractivity contribution in [3.8, 4) is 0 Å². The molecule has 3 nitrogen and oxygen atoms in total. The van der Waals surface area contributed by atoms with Gasteiger partial charge in [0.25, 0.3) is 0 Å². The molecule has 0 spiro atoms. The number of benzene rings is 2. The minimum Gasteiger partial charge on any atom is -0.342 e. The molecule has 2 heterocycles. The molecule has 4 rings (SSSR count). The van der Waals surface area contributed by atoms with Crippen LogP contribution in [0.1, 0.15) is 36.2 Å². The van der Waals surface area contributed by atoms with Gasteiger partial charge in [0.15, 0.2) is 0 Å². The van der Waals surface area contributed by atoms with E-state index in [9.17, 15) is 0 Å². The van der Waals surface area contributed by atoms with E-state index in [2.05, 4.69) is 64.3 Å². The quantitative estimate of drug-likeness (QED) is 0.697. The zero-order valence-corrected chi connectivity index (χ0v) is 15.7. The van der Waals surface area contributed by atoms with Crippen LogP contribution in [0.3, 0.4) is 0 Å². The summed E-state index contributed by atoms with van der Waals surface area (Å²) in [5.41, 5.74) is 5.09. The average molecular weight is 348 g/mol. The first-order valence-electron chi connectivity index (χ1n) is 9.98. The molecule has 0 bridgehead atoms. The van der Waals surface area contributed by atoms with Gasteiger partial charge in [0.1, 0.15) is 5.82 Å². The number of likely N-dealkylation sites (tertiary alicyclic amines) is 1. The maximum Gasteiger partial charge on any atom is 0.107 e. The van der Waals surface area contributed by atoms with Crippen LogP contribution in [-0.4, -0.2) is 34.5 Å². The minimum atomic E-state index is 0.851. The predicted octanol–water partition coefficient (Wildman–Crippen LogP) is 4.76. The number of rotatable bonds is 6. The molecule has 0 unspecified atom stereocenters. The standard InChI is InChI=1S/C23H29N3/c1-18-8-10-19(11-9-18)17-20-12-15-26(16-13-20)14-4-7-23-24-21-5-2-3-6-22(21)25-23/h2-3,5-6,8-11,20H,4,7,12-17H2,1H3,(H,24,25). The Labute approximate surface area is 156 Å². The number of aromatic nitrogens is 2. The molecule has 0 atom stereocenters. The van der Waals surface area contributed by atoms with Crippen LogP contribution < -0.4 is 0 Å². The smallest absolute Gasteiger partial charge is 0.107 e. The van der Waals surface area contributed by atoms with Crippen molar-refractivity contribution in [2.24, 2.45) is 5.92 Å². The monoisotopic (exact) mass is 347 g/mol. The lowest BCUT2D eigenvalue weighted by atomic mass is 9.90. The maximum absolute atomic E-state index is 4.69. The zero-order valence-electron chi connectivity index (χ0n) is 15.7. The summed E-state index contributed by atoms with van der Waals surface area (Å²) in [6.45, 7) is 5.84. The lowest BCUT2D eigenvalue weighted by Gasteiger charge is -2.32. The summed E-state index contributed by atoms with van der Waals surface area (Å²) in [6.07, 6.45) is 6.13. The van der Waals surface area contributed by atoms with E-state index in [0.29, 0.717) is 0 Å². The molecule has 3 heteroatoms. The van der Waals surface area contributed by atoms with E-state index in [-0.39, 0.29) is 0 Å². The Balaban J connectivity index is 1.19. The van der Waals surface area contributed by atoms with Crippen molar-refractivity contribution in [2.45, 2.75) is 39.0 Å². The van der Waals surface area contributed by atoms with E-state index < -0.39 is 0 Å². The van der Waals surface area contributed by atoms with Crippen molar-refractivity contribution in [1.29, 1.82) is 0 Å². The van der Waals surface area contributed by atoms with Gasteiger partial charge in [0.2, 0.25) is 0 Å². The third kappa shape index (κ3) is 4.34. The molecule has 2 aromatic carbocycles. The summed E-state index contributed by atoms with van der Waals surface area (Å²) >= 11 is 0. The molecule has 1 fully saturated rings. The predicted molar refractivity (Wildman–Crippen MR) is 108 cm³/mol. The van der Waals surface area contributed by atoms with Crippen LogP contribution in [0.4, 0.5) is 0 Å². The van der Waals surface area contributed by atoms with Gasteiger partial charge in [0.05, 0.1) is 11.0 Å². The summed E-state index contributed by atoms with van der Waals surface area (Å²) in [5, 5.41) is 0. The highest BCUT2D eigenvalue weighted by Gasteiger charge is 2.19. The Hall–Kier alpha value is -2.13. The van der Waals surface area contributed by atoms with E-state index >= 15 is 0 Å². The first kappa shape index (κ1) is 17.3. The van der Waals surface area contributed by atoms with Crippen molar-refractivity contribution in [3.63, 3.8) is 0 Å². The average Bonchev–Trinajstić information content (AvgIpc) is 3.08. The third-order valence-corrected chi connectivity index (χ3v) is 5.68. The number of piperidine rings is 1. The topological polar surface area (TPSA) is 31.9 Å². The second-order valence-corrected chi connectivity index (χ2v) is 7.78. The van der Waals surface area contributed by atoms with Gasteiger partial charge in [-0.15, -0.1) is 0 Å². The molecule has 26 heavy (non-hydrogen) atoms. The van der Waals surface area contributed by atoms with Crippen molar-refractivity contribution in [3.05, 3.63) is 65.5 Å². The SMILES string of the molecule is Cc1ccc(CC2CCN(CCCc3nc4ccccc4[nH]3)CC2)cc1. The highest BCUT2D eigenvalue weighted by atomic mass is 15.1. The molecule has 0 saturated carbocycles. The number of imidazole rings is 1. The fourth-order valence-electron chi connectivity index (χ4n) is 4.07. The van der Waals surface area contributed by atoms with Gasteiger partial charge in [-0.1, -0.05) is 42.0 Å². The lowest BCUT2D eigenvalue weighted by Crippen LogP contribution is -2.35. The molecular weight excluding hydrogens is 318 g/mol. The maximum atomic E-state index is 4.69. The molecular formula is C23H29N3. The molecule has 1 N–H and O–H groups in total. The molecule has 1 saturated heterocycles. The van der Waals surface area contributed by atoms with Crippen LogP contribution in [0.25, 0.3) is 11.0 Å². The highest BCUT2D eigenvalue weighted by molar-refractivity contribution is 5.74. The molecule has 0 amide bonds. The van der Waals surface area contributed by atoms with E-state index in [1.165, 1.54) is 56.4 Å². The summed E-state index contributed by atoms with van der Waals surface area (Å²) in [6, 6.07) is 17.4. The second-order valence-electron chi connectivity index (χ2n) is 7.78. The van der Waals surface area contributed by atoms with E-state index in [0.717, 1.165) is 29.2 Å². The largest absolute Gasteiger partial charge is 0.342 e. The molecule has 0 aliphatic carbocycles. The van der Waals surface area contributed by atoms with E-state index in [1.54, 1.807) is 0 Å². The van der Waals surface area contributed by atoms with Crippen LogP contribution in [-0.2, 0) is 12.8 Å². The first-order chi connectivity index (χ1) is 12.8. The number of aromatic amines is 1. The minimum absolute atomic E-state index is 0.851. The van der Waals surface area contributed by atoms with Gasteiger partial charge in [-0.25, -0.2) is 4.98 Å². The lowest BCUT2D eigenvalue weighted by molar-refractivity contribution is 0.182. The fourth-order valence-corrected chi connectivity index (χ4v) is 4.07. The van der Waals surface area contributed by atoms with E-state index in [1.807, 2.05) is 6.07 Å². The fraction of sp³-hybridized carbons (Fsp3) is 0.435. The van der Waals surface area contributed by atoms with Crippen LogP contribution >= 0.6 is 0 Å². The summed E-state index contributed by atoms with van der Waals surface area (Å²) in [5.74, 6) is 1.98. The first-order valence-corrected chi connectivity index (χ1v) is 9.98. The number of fused-ring (bicyclic) bond motifs is 1. The molecule has 1 aliphatic heterocycles. The van der Waals surface area contributed by atoms with Crippen LogP contribution in [0.5, 0.6) is 0 Å². The number of aryl methyl sites for hydroxylation is 2. The molecule has 1 aromatic heterocycles. The van der Waals surface area contributed by atoms with Gasteiger partial charge in [-0.2, -0.15) is 0 Å². The number of hydrogen-bond donors (Lipinski definition) is 1. The Bertz CT molecular complexity index is 793. The number of H-pyrrole nitrogens is 1. The van der Waals surface area contributed by atoms with Crippen LogP contribution in [0.15, 0.2) is 48.5 Å². The van der Waals surface area contributed by atoms with Crippen LogP contribution in [0.2, 0.25) is 0 Å². The summed E-state index contributed by atoms with van der Waals surface area (Å²) in [7, 11) is 0. The molecule has 0 radical (unpaired) electrons. The molecule has 1 aliphatic rings. The number of para-hydroxylation sites is 2. The zero-order chi connectivity index (χ0) is 17.8. The molecule has 3 aromatic rings. The Morgan fingerprint density at radius 1 is 1.04 bits per heavy atom. The van der Waals surface area contributed by atoms with Gasteiger partial charge < -0.3 is 9.88 Å². The Morgan fingerprint density at radius 3 is 2.58 bits per heavy atom. The van der Waals surface area contributed by atoms with Gasteiger partial charge in [-0.05, 0) is 75.9 Å². The van der Waals surface area contributed by atoms with E-state index in [4.69, 9.17) is 0 Å². The van der Waals surface area contributed by atoms with Gasteiger partial charge >= 0.3 is 0 Å². The van der Waals surface area contributed by atoms with Crippen molar-refractivity contribution < 1.29 is 0 Å². The number of nitrogens with one attached hydrogen (secondary N) is 1. The summed E-state index contributed by atoms with van der Waals surface area (Å²) in [4.78, 5) is 10.8. The summed E-state index contributed by atoms with van der Waals surface area (Å²) < 4.78 is 0. The number of nitrogens with zero attached hydrogens (tertiary/aromatic N) is 2.